The second-order valence-electron chi connectivity index (χ2n) is 7.60. The van der Waals surface area contributed by atoms with Gasteiger partial charge in [0.25, 0.3) is 5.91 Å². The van der Waals surface area contributed by atoms with E-state index in [2.05, 4.69) is 9.97 Å². The zero-order chi connectivity index (χ0) is 18.9. The van der Waals surface area contributed by atoms with Crippen LogP contribution in [0.4, 0.5) is 0 Å². The third kappa shape index (κ3) is 3.75. The summed E-state index contributed by atoms with van der Waals surface area (Å²) in [5.41, 5.74) is 2.26. The first-order chi connectivity index (χ1) is 13.1. The van der Waals surface area contributed by atoms with Crippen LogP contribution < -0.4 is 0 Å². The van der Waals surface area contributed by atoms with Gasteiger partial charge in [0.1, 0.15) is 11.3 Å². The number of carbonyl (C=O) groups is 1. The average Bonchev–Trinajstić information content (AvgIpc) is 3.23. The van der Waals surface area contributed by atoms with Gasteiger partial charge >= 0.3 is 0 Å². The van der Waals surface area contributed by atoms with E-state index in [9.17, 15) is 4.79 Å². The molecule has 4 heterocycles. The maximum absolute atomic E-state index is 12.5. The first kappa shape index (κ1) is 18.1. The van der Waals surface area contributed by atoms with Crippen molar-refractivity contribution in [3.8, 4) is 0 Å². The predicted octanol–water partition coefficient (Wildman–Crippen LogP) is 1.96. The van der Waals surface area contributed by atoms with Crippen LogP contribution >= 0.6 is 0 Å². The highest BCUT2D eigenvalue weighted by Gasteiger charge is 2.54. The van der Waals surface area contributed by atoms with E-state index in [-0.39, 0.29) is 11.5 Å². The van der Waals surface area contributed by atoms with Gasteiger partial charge in [-0.15, -0.1) is 0 Å². The van der Waals surface area contributed by atoms with Crippen molar-refractivity contribution in [2.24, 2.45) is 13.0 Å². The van der Waals surface area contributed by atoms with E-state index in [1.54, 1.807) is 17.1 Å². The summed E-state index contributed by atoms with van der Waals surface area (Å²) in [6.45, 7) is 5.25. The predicted molar refractivity (Wildman–Crippen MR) is 99.1 cm³/mol. The number of pyridine rings is 1. The smallest absolute Gasteiger partial charge is 0.274 e. The summed E-state index contributed by atoms with van der Waals surface area (Å²) in [6, 6.07) is 5.97. The molecule has 2 aromatic heterocycles. The van der Waals surface area contributed by atoms with Crippen LogP contribution in [0.25, 0.3) is 0 Å². The summed E-state index contributed by atoms with van der Waals surface area (Å²) in [6.07, 6.45) is 5.38. The molecule has 2 aliphatic heterocycles. The number of aryl methyl sites for hydroxylation is 2. The van der Waals surface area contributed by atoms with Crippen molar-refractivity contribution < 1.29 is 14.3 Å². The number of likely N-dealkylation sites (tertiary alicyclic amines) is 1. The van der Waals surface area contributed by atoms with Gasteiger partial charge in [0, 0.05) is 32.2 Å². The van der Waals surface area contributed by atoms with Gasteiger partial charge in [0.05, 0.1) is 31.7 Å². The van der Waals surface area contributed by atoms with Gasteiger partial charge in [0.15, 0.2) is 0 Å². The zero-order valence-electron chi connectivity index (χ0n) is 15.9. The van der Waals surface area contributed by atoms with Crippen molar-refractivity contribution in [1.29, 1.82) is 0 Å². The summed E-state index contributed by atoms with van der Waals surface area (Å²) in [5.74, 6) is 0.410. The number of aromatic nitrogens is 3. The molecule has 144 valence electrons. The zero-order valence-corrected chi connectivity index (χ0v) is 15.9. The monoisotopic (exact) mass is 370 g/mol. The van der Waals surface area contributed by atoms with Gasteiger partial charge in [0.2, 0.25) is 0 Å². The Morgan fingerprint density at radius 1 is 1.41 bits per heavy atom. The minimum atomic E-state index is -0.199. The van der Waals surface area contributed by atoms with Gasteiger partial charge in [-0.2, -0.15) is 0 Å². The topological polar surface area (TPSA) is 69.5 Å². The van der Waals surface area contributed by atoms with E-state index in [0.717, 1.165) is 30.8 Å². The molecule has 2 aromatic rings. The molecule has 2 fully saturated rings. The molecule has 0 N–H and O–H groups in total. The van der Waals surface area contributed by atoms with Gasteiger partial charge < -0.3 is 18.9 Å². The minimum absolute atomic E-state index is 0.0164. The van der Waals surface area contributed by atoms with Crippen molar-refractivity contribution in [3.05, 3.63) is 47.8 Å². The third-order valence-corrected chi connectivity index (χ3v) is 5.53. The molecule has 0 aliphatic carbocycles. The molecule has 1 spiro atoms. The Morgan fingerprint density at radius 2 is 2.26 bits per heavy atom. The molecule has 7 nitrogen and oxygen atoms in total. The van der Waals surface area contributed by atoms with Crippen molar-refractivity contribution in [3.63, 3.8) is 0 Å². The maximum atomic E-state index is 12.5. The number of rotatable bonds is 6. The Labute approximate surface area is 159 Å². The molecule has 4 rings (SSSR count). The highest BCUT2D eigenvalue weighted by Crippen LogP contribution is 2.42. The summed E-state index contributed by atoms with van der Waals surface area (Å²) < 4.78 is 13.7. The van der Waals surface area contributed by atoms with Crippen molar-refractivity contribution in [1.82, 2.24) is 19.4 Å². The summed E-state index contributed by atoms with van der Waals surface area (Å²) in [4.78, 5) is 22.9. The quantitative estimate of drug-likeness (QED) is 0.727. The van der Waals surface area contributed by atoms with Crippen LogP contribution in [0.1, 0.15) is 34.7 Å². The molecule has 2 aliphatic rings. The summed E-state index contributed by atoms with van der Waals surface area (Å²) in [7, 11) is 1.86. The number of hydrogen-bond acceptors (Lipinski definition) is 5. The molecule has 1 atom stereocenters. The van der Waals surface area contributed by atoms with E-state index in [1.807, 2.05) is 37.1 Å². The van der Waals surface area contributed by atoms with Crippen molar-refractivity contribution >= 4 is 5.91 Å². The Morgan fingerprint density at radius 3 is 3.00 bits per heavy atom. The largest absolute Gasteiger partial charge is 0.375 e. The maximum Gasteiger partial charge on any atom is 0.274 e. The fourth-order valence-electron chi connectivity index (χ4n) is 4.05. The van der Waals surface area contributed by atoms with Crippen LogP contribution in [-0.4, -0.2) is 57.2 Å². The highest BCUT2D eigenvalue weighted by molar-refractivity contribution is 5.92. The van der Waals surface area contributed by atoms with E-state index in [1.165, 1.54) is 0 Å². The molecule has 0 unspecified atom stereocenters. The van der Waals surface area contributed by atoms with E-state index in [0.29, 0.717) is 37.9 Å². The molecule has 2 saturated heterocycles. The second-order valence-corrected chi connectivity index (χ2v) is 7.60. The highest BCUT2D eigenvalue weighted by atomic mass is 16.5. The number of amides is 1. The van der Waals surface area contributed by atoms with Crippen LogP contribution in [0, 0.1) is 12.8 Å². The molecular weight excluding hydrogens is 344 g/mol. The van der Waals surface area contributed by atoms with Crippen molar-refractivity contribution in [2.75, 3.05) is 26.3 Å². The lowest BCUT2D eigenvalue weighted by molar-refractivity contribution is -0.120. The van der Waals surface area contributed by atoms with E-state index in [4.69, 9.17) is 9.47 Å². The number of imidazole rings is 1. The van der Waals surface area contributed by atoms with Crippen LogP contribution in [0.5, 0.6) is 0 Å². The fraction of sp³-hybridized carbons (Fsp3) is 0.550. The summed E-state index contributed by atoms with van der Waals surface area (Å²) in [5, 5.41) is 0. The van der Waals surface area contributed by atoms with Gasteiger partial charge in [-0.25, -0.2) is 4.98 Å². The van der Waals surface area contributed by atoms with Crippen LogP contribution in [0.3, 0.4) is 0 Å². The van der Waals surface area contributed by atoms with E-state index < -0.39 is 0 Å². The lowest BCUT2D eigenvalue weighted by Gasteiger charge is -2.50. The molecule has 0 radical (unpaired) electrons. The fourth-order valence-corrected chi connectivity index (χ4v) is 4.05. The van der Waals surface area contributed by atoms with Gasteiger partial charge in [-0.1, -0.05) is 6.07 Å². The van der Waals surface area contributed by atoms with Crippen LogP contribution in [0.15, 0.2) is 30.7 Å². The first-order valence-electron chi connectivity index (χ1n) is 9.47. The lowest BCUT2D eigenvalue weighted by Crippen LogP contribution is -2.66. The Balaban J connectivity index is 1.25. The number of hydrogen-bond donors (Lipinski definition) is 0. The first-order valence-corrected chi connectivity index (χ1v) is 9.47. The molecule has 1 amide bonds. The summed E-state index contributed by atoms with van der Waals surface area (Å²) >= 11 is 0. The van der Waals surface area contributed by atoms with Crippen molar-refractivity contribution in [2.45, 2.75) is 32.0 Å². The molecule has 0 bridgehead atoms. The Hall–Kier alpha value is -2.25. The normalized spacial score (nSPS) is 20.8. The van der Waals surface area contributed by atoms with Crippen LogP contribution in [-0.2, 0) is 23.1 Å². The molecular formula is C20H26N4O3. The number of carbonyl (C=O) groups excluding carboxylic acids is 1. The van der Waals surface area contributed by atoms with Gasteiger partial charge in [-0.3, -0.25) is 9.78 Å². The third-order valence-electron chi connectivity index (χ3n) is 5.53. The molecule has 0 aromatic carbocycles. The lowest BCUT2D eigenvalue weighted by atomic mass is 9.79. The Kier molecular flexibility index (Phi) is 4.97. The number of ether oxygens (including phenoxy) is 2. The molecule has 0 saturated carbocycles. The van der Waals surface area contributed by atoms with Crippen LogP contribution in [0.2, 0.25) is 0 Å². The SMILES string of the molecule is Cc1cccc(COCC[C@H]2CCOC23CN(C(=O)c2cn(C)cn2)C3)n1. The second kappa shape index (κ2) is 7.40. The standard InChI is InChI=1S/C20H26N4O3/c1-15-4-3-5-17(22-15)11-26-8-6-16-7-9-27-20(16)12-24(13-20)19(25)18-10-23(2)14-21-18/h3-5,10,14,16H,6-9,11-13H2,1-2H3/t16-/m0/s1. The minimum Gasteiger partial charge on any atom is -0.375 e. The molecule has 27 heavy (non-hydrogen) atoms. The van der Waals surface area contributed by atoms with E-state index >= 15 is 0 Å². The van der Waals surface area contributed by atoms with Gasteiger partial charge in [-0.05, 0) is 37.8 Å². The number of nitrogens with zero attached hydrogens (tertiary/aromatic N) is 4. The average molecular weight is 370 g/mol. The Bertz CT molecular complexity index is 813. The molecule has 7 heteroatoms.